The molecule has 1 aliphatic rings. The molecule has 0 N–H and O–H groups in total. The summed E-state index contributed by atoms with van der Waals surface area (Å²) >= 11 is 0. The van der Waals surface area contributed by atoms with Crippen molar-refractivity contribution in [2.75, 3.05) is 0 Å². The van der Waals surface area contributed by atoms with Gasteiger partial charge < -0.3 is 0 Å². The van der Waals surface area contributed by atoms with E-state index >= 15 is 0 Å². The highest BCUT2D eigenvalue weighted by Gasteiger charge is 2.99. The maximum atomic E-state index is 13.5. The van der Waals surface area contributed by atoms with Crippen LogP contribution in [0.5, 0.6) is 0 Å². The lowest BCUT2D eigenvalue weighted by Crippen LogP contribution is -2.86. The Hall–Kier alpha value is -1.16. The van der Waals surface area contributed by atoms with Crippen LogP contribution >= 0.6 is 0 Å². The summed E-state index contributed by atoms with van der Waals surface area (Å²) in [7, 11) is 0. The lowest BCUT2D eigenvalue weighted by atomic mass is 9.90. The Labute approximate surface area is 131 Å². The van der Waals surface area contributed by atoms with Gasteiger partial charge in [0.25, 0.3) is 5.67 Å². The summed E-state index contributed by atoms with van der Waals surface area (Å²) in [6.07, 6.45) is -7.05. The van der Waals surface area contributed by atoms with Gasteiger partial charge in [0, 0.05) is 0 Å². The van der Waals surface area contributed by atoms with Gasteiger partial charge in [-0.2, -0.15) is 65.9 Å². The van der Waals surface area contributed by atoms with Crippen LogP contribution in [0.15, 0.2) is 0 Å². The zero-order chi connectivity index (χ0) is 21.6. The Morgan fingerprint density at radius 2 is 0.808 bits per heavy atom. The molecule has 0 aromatic rings. The van der Waals surface area contributed by atoms with Gasteiger partial charge in [0.05, 0.1) is 0 Å². The molecule has 156 valence electrons. The van der Waals surface area contributed by atoms with E-state index in [1.165, 1.54) is 0 Å². The Morgan fingerprint density at radius 1 is 0.538 bits per heavy atom. The molecule has 0 aromatic carbocycles. The first kappa shape index (κ1) is 22.9. The fourth-order valence-corrected chi connectivity index (χ4v) is 1.77. The van der Waals surface area contributed by atoms with Crippen molar-refractivity contribution in [3.63, 3.8) is 0 Å². The Balaban J connectivity index is 3.91. The van der Waals surface area contributed by atoms with Crippen molar-refractivity contribution in [2.45, 2.75) is 54.7 Å². The summed E-state index contributed by atoms with van der Waals surface area (Å²) in [6.45, 7) is -1.41. The molecule has 26 heavy (non-hydrogen) atoms. The minimum absolute atomic E-state index is 1.41. The third-order valence-corrected chi connectivity index (χ3v) is 3.48. The van der Waals surface area contributed by atoms with Crippen molar-refractivity contribution in [2.24, 2.45) is 0 Å². The highest BCUT2D eigenvalue weighted by Crippen LogP contribution is 2.67. The third-order valence-electron chi connectivity index (χ3n) is 3.48. The van der Waals surface area contributed by atoms with Crippen LogP contribution in [0.25, 0.3) is 0 Å². The number of halogens is 16. The maximum absolute atomic E-state index is 13.5. The van der Waals surface area contributed by atoms with Crippen LogP contribution < -0.4 is 0 Å². The van der Waals surface area contributed by atoms with Crippen LogP contribution in [0.3, 0.4) is 0 Å². The quantitative estimate of drug-likeness (QED) is 0.427. The number of piperidine rings is 1. The summed E-state index contributed by atoms with van der Waals surface area (Å²) < 4.78 is 207. The van der Waals surface area contributed by atoms with E-state index in [2.05, 4.69) is 0 Å². The number of rotatable bonds is 2. The average molecular weight is 429 g/mol. The lowest BCUT2D eigenvalue weighted by molar-refractivity contribution is -0.547. The van der Waals surface area contributed by atoms with E-state index in [1.54, 1.807) is 0 Å². The van der Waals surface area contributed by atoms with E-state index in [-0.39, 0.29) is 0 Å². The van der Waals surface area contributed by atoms with Gasteiger partial charge in [-0.25, -0.2) is 4.39 Å². The molecule has 1 fully saturated rings. The highest BCUT2D eigenvalue weighted by molar-refractivity contribution is 5.17. The molecule has 0 aromatic heterocycles. The fourth-order valence-electron chi connectivity index (χ4n) is 1.77. The second kappa shape index (κ2) is 5.01. The second-order valence-corrected chi connectivity index (χ2v) is 5.18. The Kier molecular flexibility index (Phi) is 4.41. The predicted molar refractivity (Wildman–Crippen MR) is 47.1 cm³/mol. The predicted octanol–water partition coefficient (Wildman–Crippen LogP) is 5.28. The monoisotopic (exact) mass is 429 g/mol. The Morgan fingerprint density at radius 3 is 1.04 bits per heavy atom. The number of nitrogens with zero attached hydrogens (tertiary/aromatic N) is 1. The van der Waals surface area contributed by atoms with Crippen LogP contribution in [0.4, 0.5) is 70.2 Å². The molecule has 0 spiro atoms. The molecule has 1 heterocycles. The highest BCUT2D eigenvalue weighted by atomic mass is 19.4. The SMILES string of the molecule is CC(F)(C(F)(F)F)C(F)(F)N1C(F)(F)C(F)(F)C(F)(F)C(F)(F)C1(F)F. The smallest absolute Gasteiger partial charge is 0.226 e. The lowest BCUT2D eigenvalue weighted by Gasteiger charge is -2.54. The molecule has 0 aliphatic carbocycles. The van der Waals surface area contributed by atoms with Gasteiger partial charge >= 0.3 is 42.1 Å². The molecule has 0 saturated carbocycles. The molecule has 0 amide bonds. The maximum Gasteiger partial charge on any atom is 0.429 e. The molecule has 0 radical (unpaired) electrons. The van der Waals surface area contributed by atoms with E-state index in [0.29, 0.717) is 0 Å². The molecule has 17 heteroatoms. The van der Waals surface area contributed by atoms with E-state index in [4.69, 9.17) is 0 Å². The van der Waals surface area contributed by atoms with Gasteiger partial charge in [0.1, 0.15) is 0 Å². The van der Waals surface area contributed by atoms with Crippen molar-refractivity contribution < 1.29 is 70.2 Å². The van der Waals surface area contributed by atoms with Crippen LogP contribution in [0.2, 0.25) is 0 Å². The van der Waals surface area contributed by atoms with Crippen molar-refractivity contribution in [1.82, 2.24) is 4.90 Å². The molecular formula is C9H3F16N. The van der Waals surface area contributed by atoms with E-state index < -0.39 is 59.6 Å². The summed E-state index contributed by atoms with van der Waals surface area (Å²) in [5.74, 6) is -23.2. The van der Waals surface area contributed by atoms with Crippen LogP contribution in [0.1, 0.15) is 6.92 Å². The van der Waals surface area contributed by atoms with Gasteiger partial charge in [0.2, 0.25) is 0 Å². The second-order valence-electron chi connectivity index (χ2n) is 5.18. The van der Waals surface area contributed by atoms with Gasteiger partial charge in [-0.05, 0) is 6.92 Å². The van der Waals surface area contributed by atoms with Crippen molar-refractivity contribution in [3.05, 3.63) is 0 Å². The van der Waals surface area contributed by atoms with Gasteiger partial charge in [0.15, 0.2) is 0 Å². The van der Waals surface area contributed by atoms with Crippen molar-refractivity contribution in [3.8, 4) is 0 Å². The number of hydrogen-bond donors (Lipinski definition) is 0. The molecule has 1 atom stereocenters. The normalized spacial score (nSPS) is 29.9. The minimum Gasteiger partial charge on any atom is -0.226 e. The molecule has 1 saturated heterocycles. The van der Waals surface area contributed by atoms with Gasteiger partial charge in [-0.3, -0.25) is 0 Å². The number of hydrogen-bond acceptors (Lipinski definition) is 1. The third kappa shape index (κ3) is 2.17. The van der Waals surface area contributed by atoms with Crippen molar-refractivity contribution >= 4 is 0 Å². The summed E-state index contributed by atoms with van der Waals surface area (Å²) in [5, 5.41) is 0. The van der Waals surface area contributed by atoms with E-state index in [1.807, 2.05) is 0 Å². The standard InChI is InChI=1S/C9H3F16N/c1-2(10,6(17,18)19)7(20,21)26-8(22,23)4(13,14)3(11,12)5(15,16)9(26,24)25/h1H3. The zero-order valence-electron chi connectivity index (χ0n) is 11.5. The molecule has 1 unspecified atom stereocenters. The number of likely N-dealkylation sites (tertiary alicyclic amines) is 1. The first-order valence-corrected chi connectivity index (χ1v) is 5.69. The van der Waals surface area contributed by atoms with Crippen LogP contribution in [-0.2, 0) is 0 Å². The zero-order valence-corrected chi connectivity index (χ0v) is 11.5. The van der Waals surface area contributed by atoms with Crippen LogP contribution in [-0.4, -0.2) is 52.7 Å². The fraction of sp³-hybridized carbons (Fsp3) is 1.00. The van der Waals surface area contributed by atoms with Gasteiger partial charge in [-0.15, -0.1) is 4.90 Å². The van der Waals surface area contributed by atoms with E-state index in [0.717, 1.165) is 0 Å². The first-order chi connectivity index (χ1) is 10.9. The first-order valence-electron chi connectivity index (χ1n) is 5.69. The Bertz CT molecular complexity index is 541. The topological polar surface area (TPSA) is 3.24 Å². The summed E-state index contributed by atoms with van der Waals surface area (Å²) in [4.78, 5) is -4.17. The number of alkyl halides is 16. The molecule has 1 rings (SSSR count). The summed E-state index contributed by atoms with van der Waals surface area (Å²) in [5.41, 5.74) is -6.56. The van der Waals surface area contributed by atoms with Crippen LogP contribution in [0, 0.1) is 0 Å². The largest absolute Gasteiger partial charge is 0.429 e. The summed E-state index contributed by atoms with van der Waals surface area (Å²) in [6, 6.07) is -23.0. The van der Waals surface area contributed by atoms with Gasteiger partial charge in [-0.1, -0.05) is 0 Å². The minimum atomic E-state index is -7.75. The molecule has 0 bridgehead atoms. The molecule has 1 nitrogen and oxygen atoms in total. The average Bonchev–Trinajstić information content (AvgIpc) is 2.33. The van der Waals surface area contributed by atoms with Crippen molar-refractivity contribution in [1.29, 1.82) is 0 Å². The molecule has 1 aliphatic heterocycles. The molecular weight excluding hydrogens is 426 g/mol. The van der Waals surface area contributed by atoms with E-state index in [9.17, 15) is 70.2 Å².